The quantitative estimate of drug-likeness (QED) is 0.733. The minimum absolute atomic E-state index is 0.286. The summed E-state index contributed by atoms with van der Waals surface area (Å²) < 4.78 is 12.8. The third kappa shape index (κ3) is 2.00. The molecule has 0 bridgehead atoms. The summed E-state index contributed by atoms with van der Waals surface area (Å²) in [4.78, 5) is 4.50. The van der Waals surface area contributed by atoms with E-state index >= 15 is 0 Å². The first-order valence-electron chi connectivity index (χ1n) is 6.84. The third-order valence-electron chi connectivity index (χ3n) is 3.76. The highest BCUT2D eigenvalue weighted by atomic mass is 16.5. The molecule has 3 aromatic rings. The summed E-state index contributed by atoms with van der Waals surface area (Å²) in [6.45, 7) is 2.09. The Kier molecular flexibility index (Phi) is 2.77. The number of ether oxygens (including phenoxy) is 1. The van der Waals surface area contributed by atoms with Gasteiger partial charge in [-0.2, -0.15) is 4.98 Å². The Morgan fingerprint density at radius 1 is 1.25 bits per heavy atom. The molecule has 1 aliphatic heterocycles. The monoisotopic (exact) mass is 269 g/mol. The molecule has 2 aromatic heterocycles. The fraction of sp³-hybridized carbons (Fsp3) is 0.333. The van der Waals surface area contributed by atoms with Gasteiger partial charge in [0.15, 0.2) is 5.82 Å². The third-order valence-corrected chi connectivity index (χ3v) is 3.76. The lowest BCUT2D eigenvalue weighted by Crippen LogP contribution is -2.01. The van der Waals surface area contributed by atoms with E-state index in [0.717, 1.165) is 18.9 Å². The van der Waals surface area contributed by atoms with Crippen LogP contribution in [0.15, 0.2) is 41.1 Å². The second-order valence-corrected chi connectivity index (χ2v) is 5.11. The molecule has 3 heterocycles. The average Bonchev–Trinajstić information content (AvgIpc) is 3.19. The minimum Gasteiger partial charge on any atom is -0.381 e. The zero-order chi connectivity index (χ0) is 13.4. The summed E-state index contributed by atoms with van der Waals surface area (Å²) in [5, 5.41) is 5.30. The zero-order valence-corrected chi connectivity index (χ0v) is 11.0. The zero-order valence-electron chi connectivity index (χ0n) is 11.0. The summed E-state index contributed by atoms with van der Waals surface area (Å²) in [7, 11) is 0. The van der Waals surface area contributed by atoms with Gasteiger partial charge in [0.1, 0.15) is 6.54 Å². The molecular formula is C15H15N3O2. The number of rotatable bonds is 3. The standard InChI is InChI=1S/C15H15N3O2/c1-2-4-13-11(3-1)5-7-18(13)9-14-16-15(17-20-14)12-6-8-19-10-12/h1-5,7,12H,6,8-10H2. The van der Waals surface area contributed by atoms with Crippen LogP contribution in [0.4, 0.5) is 0 Å². The lowest BCUT2D eigenvalue weighted by Gasteiger charge is -2.01. The Morgan fingerprint density at radius 2 is 2.20 bits per heavy atom. The van der Waals surface area contributed by atoms with Crippen LogP contribution in [0.5, 0.6) is 0 Å². The predicted octanol–water partition coefficient (Wildman–Crippen LogP) is 2.58. The van der Waals surface area contributed by atoms with Gasteiger partial charge in [-0.1, -0.05) is 23.4 Å². The smallest absolute Gasteiger partial charge is 0.246 e. The van der Waals surface area contributed by atoms with Gasteiger partial charge in [-0.3, -0.25) is 0 Å². The molecule has 0 spiro atoms. The number of hydrogen-bond acceptors (Lipinski definition) is 4. The van der Waals surface area contributed by atoms with Gasteiger partial charge in [-0.25, -0.2) is 0 Å². The molecule has 5 heteroatoms. The summed E-state index contributed by atoms with van der Waals surface area (Å²) in [6, 6.07) is 10.4. The van der Waals surface area contributed by atoms with Gasteiger partial charge in [0.2, 0.25) is 5.89 Å². The van der Waals surface area contributed by atoms with Crippen molar-refractivity contribution in [3.63, 3.8) is 0 Å². The van der Waals surface area contributed by atoms with Crippen molar-refractivity contribution >= 4 is 10.9 Å². The molecule has 0 amide bonds. The Bertz CT molecular complexity index is 725. The maximum absolute atomic E-state index is 5.36. The van der Waals surface area contributed by atoms with Crippen molar-refractivity contribution in [3.8, 4) is 0 Å². The second-order valence-electron chi connectivity index (χ2n) is 5.11. The summed E-state index contributed by atoms with van der Waals surface area (Å²) in [5.41, 5.74) is 1.18. The van der Waals surface area contributed by atoms with Crippen LogP contribution in [0, 0.1) is 0 Å². The van der Waals surface area contributed by atoms with Crippen LogP contribution >= 0.6 is 0 Å². The molecule has 20 heavy (non-hydrogen) atoms. The SMILES string of the molecule is c1ccc2c(c1)ccn2Cc1nc(C2CCOC2)no1. The van der Waals surface area contributed by atoms with Gasteiger partial charge >= 0.3 is 0 Å². The molecule has 0 aliphatic carbocycles. The average molecular weight is 269 g/mol. The summed E-state index contributed by atoms with van der Waals surface area (Å²) in [5.74, 6) is 1.70. The first-order chi connectivity index (χ1) is 9.90. The number of benzene rings is 1. The van der Waals surface area contributed by atoms with E-state index in [4.69, 9.17) is 9.26 Å². The maximum Gasteiger partial charge on any atom is 0.246 e. The van der Waals surface area contributed by atoms with Crippen LogP contribution in [-0.4, -0.2) is 27.9 Å². The second kappa shape index (κ2) is 4.76. The molecule has 1 unspecified atom stereocenters. The van der Waals surface area contributed by atoms with Crippen molar-refractivity contribution in [2.24, 2.45) is 0 Å². The van der Waals surface area contributed by atoms with Gasteiger partial charge < -0.3 is 13.8 Å². The van der Waals surface area contributed by atoms with Crippen molar-refractivity contribution in [3.05, 3.63) is 48.2 Å². The molecule has 0 radical (unpaired) electrons. The van der Waals surface area contributed by atoms with E-state index < -0.39 is 0 Å². The van der Waals surface area contributed by atoms with Crippen LogP contribution in [0.3, 0.4) is 0 Å². The van der Waals surface area contributed by atoms with Crippen molar-refractivity contribution in [1.29, 1.82) is 0 Å². The predicted molar refractivity (Wildman–Crippen MR) is 73.5 cm³/mol. The van der Waals surface area contributed by atoms with E-state index in [2.05, 4.69) is 32.9 Å². The molecule has 1 fully saturated rings. The molecule has 102 valence electrons. The van der Waals surface area contributed by atoms with E-state index in [1.165, 1.54) is 10.9 Å². The van der Waals surface area contributed by atoms with E-state index in [0.29, 0.717) is 19.0 Å². The van der Waals surface area contributed by atoms with Crippen LogP contribution in [0.1, 0.15) is 24.1 Å². The Labute approximate surface area is 116 Å². The first kappa shape index (κ1) is 11.7. The van der Waals surface area contributed by atoms with Gasteiger partial charge in [0, 0.05) is 24.2 Å². The first-order valence-corrected chi connectivity index (χ1v) is 6.84. The summed E-state index contributed by atoms with van der Waals surface area (Å²) >= 11 is 0. The van der Waals surface area contributed by atoms with Crippen molar-refractivity contribution in [2.45, 2.75) is 18.9 Å². The molecule has 1 aromatic carbocycles. The number of nitrogens with zero attached hydrogens (tertiary/aromatic N) is 3. The van der Waals surface area contributed by atoms with Gasteiger partial charge in [0.25, 0.3) is 0 Å². The molecule has 1 aliphatic rings. The Balaban J connectivity index is 1.59. The Morgan fingerprint density at radius 3 is 3.10 bits per heavy atom. The maximum atomic E-state index is 5.36. The van der Waals surface area contributed by atoms with Gasteiger partial charge in [-0.05, 0) is 23.9 Å². The van der Waals surface area contributed by atoms with E-state index in [-0.39, 0.29) is 5.92 Å². The largest absolute Gasteiger partial charge is 0.381 e. The fourth-order valence-electron chi connectivity index (χ4n) is 2.66. The van der Waals surface area contributed by atoms with Crippen LogP contribution in [0.2, 0.25) is 0 Å². The molecule has 1 saturated heterocycles. The minimum atomic E-state index is 0.286. The molecule has 0 N–H and O–H groups in total. The lowest BCUT2D eigenvalue weighted by atomic mass is 10.1. The van der Waals surface area contributed by atoms with Crippen molar-refractivity contribution < 1.29 is 9.26 Å². The van der Waals surface area contributed by atoms with E-state index in [9.17, 15) is 0 Å². The summed E-state index contributed by atoms with van der Waals surface area (Å²) in [6.07, 6.45) is 3.03. The number of fused-ring (bicyclic) bond motifs is 1. The van der Waals surface area contributed by atoms with E-state index in [1.54, 1.807) is 0 Å². The van der Waals surface area contributed by atoms with Crippen LogP contribution in [0.25, 0.3) is 10.9 Å². The number of aromatic nitrogens is 3. The number of para-hydroxylation sites is 1. The molecular weight excluding hydrogens is 254 g/mol. The van der Waals surface area contributed by atoms with Gasteiger partial charge in [0.05, 0.1) is 6.61 Å². The van der Waals surface area contributed by atoms with Crippen molar-refractivity contribution in [1.82, 2.24) is 14.7 Å². The molecule has 4 rings (SSSR count). The highest BCUT2D eigenvalue weighted by Gasteiger charge is 2.23. The molecule has 1 atom stereocenters. The molecule has 0 saturated carbocycles. The molecule has 5 nitrogen and oxygen atoms in total. The highest BCUT2D eigenvalue weighted by molar-refractivity contribution is 5.79. The normalized spacial score (nSPS) is 18.9. The highest BCUT2D eigenvalue weighted by Crippen LogP contribution is 2.23. The van der Waals surface area contributed by atoms with Gasteiger partial charge in [-0.15, -0.1) is 0 Å². The number of hydrogen-bond donors (Lipinski definition) is 0. The fourth-order valence-corrected chi connectivity index (χ4v) is 2.66. The lowest BCUT2D eigenvalue weighted by molar-refractivity contribution is 0.192. The Hall–Kier alpha value is -2.14. The van der Waals surface area contributed by atoms with E-state index in [1.807, 2.05) is 18.3 Å². The topological polar surface area (TPSA) is 53.1 Å². The van der Waals surface area contributed by atoms with Crippen molar-refractivity contribution in [2.75, 3.05) is 13.2 Å². The van der Waals surface area contributed by atoms with Crippen LogP contribution in [-0.2, 0) is 11.3 Å². The van der Waals surface area contributed by atoms with Crippen LogP contribution < -0.4 is 0 Å².